The fourth-order valence-electron chi connectivity index (χ4n) is 5.08. The van der Waals surface area contributed by atoms with Crippen molar-refractivity contribution in [1.29, 1.82) is 0 Å². The van der Waals surface area contributed by atoms with Gasteiger partial charge in [0, 0.05) is 23.2 Å². The van der Waals surface area contributed by atoms with Gasteiger partial charge >= 0.3 is 0 Å². The minimum absolute atomic E-state index is 0.154. The molecule has 0 spiro atoms. The molecule has 0 radical (unpaired) electrons. The van der Waals surface area contributed by atoms with Crippen molar-refractivity contribution in [1.82, 2.24) is 0 Å². The first-order chi connectivity index (χ1) is 7.80. The van der Waals surface area contributed by atoms with E-state index >= 15 is 0 Å². The van der Waals surface area contributed by atoms with Crippen LogP contribution in [0.2, 0.25) is 0 Å². The highest BCUT2D eigenvalue weighted by molar-refractivity contribution is 6.02. The topological polar surface area (TPSA) is 34.1 Å². The number of ketones is 2. The molecule has 0 heterocycles. The molecule has 0 unspecified atom stereocenters. The summed E-state index contributed by atoms with van der Waals surface area (Å²) in [5.74, 6) is 2.29. The van der Waals surface area contributed by atoms with Crippen LogP contribution in [0.3, 0.4) is 0 Å². The monoisotopic (exact) mass is 234 g/mol. The van der Waals surface area contributed by atoms with Crippen molar-refractivity contribution in [3.8, 4) is 0 Å². The third-order valence-corrected chi connectivity index (χ3v) is 6.13. The molecule has 4 saturated carbocycles. The van der Waals surface area contributed by atoms with Crippen LogP contribution in [-0.4, -0.2) is 11.6 Å². The Bertz CT molecular complexity index is 411. The van der Waals surface area contributed by atoms with Crippen LogP contribution in [0.5, 0.6) is 0 Å². The van der Waals surface area contributed by atoms with Crippen molar-refractivity contribution in [2.45, 2.75) is 47.0 Å². The number of carbonyl (C=O) groups is 2. The van der Waals surface area contributed by atoms with Gasteiger partial charge in [0.05, 0.1) is 0 Å². The molecular formula is C15H22O2. The van der Waals surface area contributed by atoms with E-state index in [0.717, 1.165) is 12.8 Å². The first-order valence-corrected chi connectivity index (χ1v) is 6.88. The van der Waals surface area contributed by atoms with Crippen LogP contribution in [0.15, 0.2) is 0 Å². The number of rotatable bonds is 1. The smallest absolute Gasteiger partial charge is 0.142 e. The lowest BCUT2D eigenvalue weighted by molar-refractivity contribution is -0.158. The molecule has 4 aliphatic carbocycles. The van der Waals surface area contributed by atoms with E-state index in [2.05, 4.69) is 20.8 Å². The van der Waals surface area contributed by atoms with Gasteiger partial charge in [-0.05, 0) is 30.6 Å². The highest BCUT2D eigenvalue weighted by Gasteiger charge is 2.70. The van der Waals surface area contributed by atoms with Crippen molar-refractivity contribution < 1.29 is 9.59 Å². The fraction of sp³-hybridized carbons (Fsp3) is 0.867. The molecule has 0 amide bonds. The van der Waals surface area contributed by atoms with Crippen LogP contribution in [-0.2, 0) is 9.59 Å². The molecule has 4 fully saturated rings. The Balaban J connectivity index is 2.08. The van der Waals surface area contributed by atoms with E-state index in [0.29, 0.717) is 35.7 Å². The van der Waals surface area contributed by atoms with Crippen LogP contribution in [0.25, 0.3) is 0 Å². The van der Waals surface area contributed by atoms with Crippen LogP contribution in [0, 0.1) is 34.5 Å². The molecule has 4 bridgehead atoms. The predicted octanol–water partition coefficient (Wildman–Crippen LogP) is 2.85. The van der Waals surface area contributed by atoms with Crippen LogP contribution in [0.4, 0.5) is 0 Å². The first kappa shape index (κ1) is 11.4. The summed E-state index contributed by atoms with van der Waals surface area (Å²) in [6.07, 6.45) is 2.43. The summed E-state index contributed by atoms with van der Waals surface area (Å²) in [6, 6.07) is 0. The molecule has 0 aromatic rings. The number of hydrogen-bond donors (Lipinski definition) is 0. The van der Waals surface area contributed by atoms with E-state index in [1.165, 1.54) is 0 Å². The minimum Gasteiger partial charge on any atom is -0.299 e. The molecule has 2 nitrogen and oxygen atoms in total. The normalized spacial score (nSPS) is 52.6. The lowest BCUT2D eigenvalue weighted by atomic mass is 9.47. The second-order valence-electron chi connectivity index (χ2n) is 7.31. The largest absolute Gasteiger partial charge is 0.299 e. The first-order valence-electron chi connectivity index (χ1n) is 6.88. The maximum absolute atomic E-state index is 12.6. The Morgan fingerprint density at radius 3 is 2.41 bits per heavy atom. The van der Waals surface area contributed by atoms with Gasteiger partial charge in [-0.3, -0.25) is 9.59 Å². The SMILES string of the molecule is CC(C)[C@@H]1C[C@@H]2[C@]3(C)C[C@H]1C(=O)[C@@]2(C)CC3=O. The molecule has 4 rings (SSSR count). The number of hydrogen-bond acceptors (Lipinski definition) is 2. The van der Waals surface area contributed by atoms with Crippen molar-refractivity contribution in [2.75, 3.05) is 0 Å². The van der Waals surface area contributed by atoms with Gasteiger partial charge in [-0.1, -0.05) is 27.7 Å². The Labute approximate surface area is 103 Å². The fourth-order valence-corrected chi connectivity index (χ4v) is 5.08. The molecule has 0 N–H and O–H groups in total. The lowest BCUT2D eigenvalue weighted by Crippen LogP contribution is -2.56. The quantitative estimate of drug-likeness (QED) is 0.699. The molecule has 2 heteroatoms. The third-order valence-electron chi connectivity index (χ3n) is 6.13. The number of Topliss-reactive ketones (excluding diaryl/α,β-unsaturated/α-hetero) is 2. The zero-order valence-electron chi connectivity index (χ0n) is 11.2. The molecule has 94 valence electrons. The van der Waals surface area contributed by atoms with E-state index < -0.39 is 0 Å². The summed E-state index contributed by atoms with van der Waals surface area (Å²) in [5.41, 5.74) is -0.501. The molecule has 0 saturated heterocycles. The second-order valence-corrected chi connectivity index (χ2v) is 7.31. The predicted molar refractivity (Wildman–Crippen MR) is 65.4 cm³/mol. The average Bonchev–Trinajstić information content (AvgIpc) is 2.40. The maximum atomic E-state index is 12.6. The lowest BCUT2D eigenvalue weighted by Gasteiger charge is -2.55. The van der Waals surface area contributed by atoms with Crippen LogP contribution in [0.1, 0.15) is 47.0 Å². The summed E-state index contributed by atoms with van der Waals surface area (Å²) < 4.78 is 0. The molecule has 4 aliphatic rings. The van der Waals surface area contributed by atoms with Gasteiger partial charge in [0.2, 0.25) is 0 Å². The van der Waals surface area contributed by atoms with E-state index in [1.807, 2.05) is 6.92 Å². The van der Waals surface area contributed by atoms with Crippen molar-refractivity contribution >= 4 is 11.6 Å². The van der Waals surface area contributed by atoms with Crippen LogP contribution >= 0.6 is 0 Å². The van der Waals surface area contributed by atoms with E-state index in [9.17, 15) is 9.59 Å². The van der Waals surface area contributed by atoms with Gasteiger partial charge in [0.1, 0.15) is 11.6 Å². The standard InChI is InChI=1S/C15H22O2/c1-8(2)9-5-11-14(3)6-10(9)13(17)15(11,4)7-12(14)16/h8-11H,5-7H2,1-4H3/t9-,10+,11+,14-,15-/m0/s1. The molecular weight excluding hydrogens is 212 g/mol. The second kappa shape index (κ2) is 3.02. The van der Waals surface area contributed by atoms with E-state index in [-0.39, 0.29) is 16.7 Å². The zero-order chi connectivity index (χ0) is 12.6. The molecule has 0 aromatic heterocycles. The summed E-state index contributed by atoms with van der Waals surface area (Å²) in [7, 11) is 0. The molecule has 0 aliphatic heterocycles. The van der Waals surface area contributed by atoms with Crippen molar-refractivity contribution in [3.63, 3.8) is 0 Å². The van der Waals surface area contributed by atoms with E-state index in [1.54, 1.807) is 0 Å². The summed E-state index contributed by atoms with van der Waals surface area (Å²) in [6.45, 7) is 8.59. The number of fused-ring (bicyclic) bond motifs is 1. The number of carbonyl (C=O) groups excluding carboxylic acids is 2. The van der Waals surface area contributed by atoms with Gasteiger partial charge in [0.25, 0.3) is 0 Å². The highest BCUT2D eigenvalue weighted by atomic mass is 16.1. The van der Waals surface area contributed by atoms with Crippen molar-refractivity contribution in [2.24, 2.45) is 34.5 Å². The summed E-state index contributed by atoms with van der Waals surface area (Å²) in [5, 5.41) is 0. The van der Waals surface area contributed by atoms with Gasteiger partial charge in [-0.2, -0.15) is 0 Å². The highest BCUT2D eigenvalue weighted by Crippen LogP contribution is 2.67. The van der Waals surface area contributed by atoms with Gasteiger partial charge in [0.15, 0.2) is 0 Å². The van der Waals surface area contributed by atoms with Gasteiger partial charge < -0.3 is 0 Å². The molecule has 17 heavy (non-hydrogen) atoms. The Kier molecular flexibility index (Phi) is 2.03. The van der Waals surface area contributed by atoms with Gasteiger partial charge in [-0.15, -0.1) is 0 Å². The minimum atomic E-state index is -0.319. The Morgan fingerprint density at radius 2 is 1.82 bits per heavy atom. The van der Waals surface area contributed by atoms with Gasteiger partial charge in [-0.25, -0.2) is 0 Å². The zero-order valence-corrected chi connectivity index (χ0v) is 11.2. The maximum Gasteiger partial charge on any atom is 0.142 e. The van der Waals surface area contributed by atoms with Crippen LogP contribution < -0.4 is 0 Å². The summed E-state index contributed by atoms with van der Waals surface area (Å²) in [4.78, 5) is 24.9. The average molecular weight is 234 g/mol. The summed E-state index contributed by atoms with van der Waals surface area (Å²) >= 11 is 0. The van der Waals surface area contributed by atoms with Crippen molar-refractivity contribution in [3.05, 3.63) is 0 Å². The molecule has 5 atom stereocenters. The van der Waals surface area contributed by atoms with E-state index in [4.69, 9.17) is 0 Å². The third kappa shape index (κ3) is 1.12. The Hall–Kier alpha value is -0.660. The Morgan fingerprint density at radius 1 is 1.18 bits per heavy atom. The molecule has 0 aromatic carbocycles.